The summed E-state index contributed by atoms with van der Waals surface area (Å²) in [6.07, 6.45) is 2.33. The molecule has 4 heteroatoms. The molecule has 0 aliphatic carbocycles. The van der Waals surface area contributed by atoms with Crippen molar-refractivity contribution in [2.24, 2.45) is 0 Å². The highest BCUT2D eigenvalue weighted by molar-refractivity contribution is 7.15. The van der Waals surface area contributed by atoms with E-state index < -0.39 is 0 Å². The van der Waals surface area contributed by atoms with Gasteiger partial charge in [-0.25, -0.2) is 9.37 Å². The predicted octanol–water partition coefficient (Wildman–Crippen LogP) is 2.48. The number of aromatic nitrogens is 1. The maximum Gasteiger partial charge on any atom is 0.123 e. The lowest BCUT2D eigenvalue weighted by Crippen LogP contribution is -1.84. The lowest BCUT2D eigenvalue weighted by molar-refractivity contribution is 0.300. The van der Waals surface area contributed by atoms with Crippen molar-refractivity contribution in [3.05, 3.63) is 41.2 Å². The molecule has 0 bridgehead atoms. The van der Waals surface area contributed by atoms with Crippen molar-refractivity contribution in [3.63, 3.8) is 0 Å². The normalized spacial score (nSPS) is 10.5. The highest BCUT2D eigenvalue weighted by Gasteiger charge is 2.04. The topological polar surface area (TPSA) is 33.1 Å². The second-order valence-corrected chi connectivity index (χ2v) is 4.23. The van der Waals surface area contributed by atoms with Gasteiger partial charge in [-0.05, 0) is 12.1 Å². The quantitative estimate of drug-likeness (QED) is 0.867. The Kier molecular flexibility index (Phi) is 3.08. The fourth-order valence-electron chi connectivity index (χ4n) is 1.29. The molecule has 0 spiro atoms. The van der Waals surface area contributed by atoms with E-state index >= 15 is 0 Å². The van der Waals surface area contributed by atoms with Gasteiger partial charge in [0.15, 0.2) is 0 Å². The molecule has 0 unspecified atom stereocenters. The van der Waals surface area contributed by atoms with Crippen LogP contribution in [0.25, 0.3) is 10.6 Å². The molecular weight excluding hydrogens is 213 g/mol. The first-order valence-corrected chi connectivity index (χ1v) is 5.43. The van der Waals surface area contributed by atoms with Crippen molar-refractivity contribution in [3.8, 4) is 10.6 Å². The first-order chi connectivity index (χ1) is 7.29. The van der Waals surface area contributed by atoms with Crippen molar-refractivity contribution in [2.45, 2.75) is 6.42 Å². The highest BCUT2D eigenvalue weighted by atomic mass is 32.1. The molecule has 2 rings (SSSR count). The highest BCUT2D eigenvalue weighted by Crippen LogP contribution is 2.25. The van der Waals surface area contributed by atoms with Crippen LogP contribution < -0.4 is 0 Å². The van der Waals surface area contributed by atoms with Crippen LogP contribution in [0.3, 0.4) is 0 Å². The Morgan fingerprint density at radius 1 is 1.40 bits per heavy atom. The Morgan fingerprint density at radius 2 is 2.27 bits per heavy atom. The number of hydrogen-bond donors (Lipinski definition) is 1. The lowest BCUT2D eigenvalue weighted by Gasteiger charge is -1.95. The molecule has 0 atom stereocenters. The molecule has 1 aromatic heterocycles. The maximum atomic E-state index is 12.9. The number of hydrogen-bond acceptors (Lipinski definition) is 3. The van der Waals surface area contributed by atoms with E-state index in [9.17, 15) is 4.39 Å². The molecule has 1 aromatic carbocycles. The molecule has 0 aliphatic rings. The van der Waals surface area contributed by atoms with E-state index in [0.717, 1.165) is 15.4 Å². The van der Waals surface area contributed by atoms with E-state index in [0.29, 0.717) is 6.42 Å². The minimum absolute atomic E-state index is 0.116. The first kappa shape index (κ1) is 10.3. The Hall–Kier alpha value is -1.26. The number of aliphatic hydroxyl groups is 1. The van der Waals surface area contributed by atoms with Crippen LogP contribution >= 0.6 is 11.3 Å². The largest absolute Gasteiger partial charge is 0.396 e. The van der Waals surface area contributed by atoms with Crippen molar-refractivity contribution in [2.75, 3.05) is 6.61 Å². The van der Waals surface area contributed by atoms with Gasteiger partial charge in [0.05, 0.1) is 0 Å². The van der Waals surface area contributed by atoms with Crippen LogP contribution in [0.15, 0.2) is 30.5 Å². The number of thiazole rings is 1. The summed E-state index contributed by atoms with van der Waals surface area (Å²) in [4.78, 5) is 5.20. The fourth-order valence-corrected chi connectivity index (χ4v) is 2.19. The van der Waals surface area contributed by atoms with Gasteiger partial charge >= 0.3 is 0 Å². The summed E-state index contributed by atoms with van der Waals surface area (Å²) in [6.45, 7) is 0.116. The minimum Gasteiger partial charge on any atom is -0.396 e. The van der Waals surface area contributed by atoms with Crippen LogP contribution in [0.5, 0.6) is 0 Å². The molecule has 2 nitrogen and oxygen atoms in total. The minimum atomic E-state index is -0.258. The summed E-state index contributed by atoms with van der Waals surface area (Å²) in [5.74, 6) is -0.258. The second-order valence-electron chi connectivity index (χ2n) is 3.12. The molecule has 2 aromatic rings. The molecule has 78 valence electrons. The van der Waals surface area contributed by atoms with Gasteiger partial charge in [-0.2, -0.15) is 0 Å². The van der Waals surface area contributed by atoms with Crippen LogP contribution in [0.4, 0.5) is 4.39 Å². The molecule has 1 heterocycles. The molecule has 0 fully saturated rings. The molecule has 0 saturated carbocycles. The summed E-state index contributed by atoms with van der Waals surface area (Å²) in [6, 6.07) is 6.36. The van der Waals surface area contributed by atoms with Crippen molar-refractivity contribution < 1.29 is 9.50 Å². The number of nitrogens with zero attached hydrogens (tertiary/aromatic N) is 1. The van der Waals surface area contributed by atoms with Crippen LogP contribution in [0.2, 0.25) is 0 Å². The zero-order chi connectivity index (χ0) is 10.7. The van der Waals surface area contributed by atoms with Gasteiger partial charge in [0.1, 0.15) is 10.8 Å². The van der Waals surface area contributed by atoms with E-state index in [4.69, 9.17) is 5.11 Å². The Morgan fingerprint density at radius 3 is 3.00 bits per heavy atom. The van der Waals surface area contributed by atoms with Gasteiger partial charge < -0.3 is 5.11 Å². The van der Waals surface area contributed by atoms with Crippen molar-refractivity contribution in [1.29, 1.82) is 0 Å². The maximum absolute atomic E-state index is 12.9. The summed E-state index contributed by atoms with van der Waals surface area (Å²) >= 11 is 1.48. The number of halogens is 1. The average Bonchev–Trinajstić information content (AvgIpc) is 2.67. The molecule has 0 amide bonds. The van der Waals surface area contributed by atoms with E-state index in [1.54, 1.807) is 12.3 Å². The van der Waals surface area contributed by atoms with Crippen LogP contribution in [-0.2, 0) is 6.42 Å². The summed E-state index contributed by atoms with van der Waals surface area (Å²) in [5.41, 5.74) is 0.782. The van der Waals surface area contributed by atoms with E-state index in [1.807, 2.05) is 6.07 Å². The Bertz CT molecular complexity index is 455. The van der Waals surface area contributed by atoms with Crippen molar-refractivity contribution in [1.82, 2.24) is 4.98 Å². The van der Waals surface area contributed by atoms with Crippen LogP contribution in [0, 0.1) is 5.82 Å². The zero-order valence-electron chi connectivity index (χ0n) is 7.98. The average molecular weight is 223 g/mol. The number of aliphatic hydroxyl groups excluding tert-OH is 1. The van der Waals surface area contributed by atoms with Gasteiger partial charge in [-0.15, -0.1) is 11.3 Å². The molecular formula is C11H10FNOS. The molecule has 0 aliphatic heterocycles. The fraction of sp³-hybridized carbons (Fsp3) is 0.182. The van der Waals surface area contributed by atoms with Crippen molar-refractivity contribution >= 4 is 11.3 Å². The van der Waals surface area contributed by atoms with Gasteiger partial charge in [-0.3, -0.25) is 0 Å². The summed E-state index contributed by atoms with van der Waals surface area (Å²) < 4.78 is 12.9. The summed E-state index contributed by atoms with van der Waals surface area (Å²) in [7, 11) is 0. The SMILES string of the molecule is OCCc1cnc(-c2cccc(F)c2)s1. The summed E-state index contributed by atoms with van der Waals surface area (Å²) in [5, 5.41) is 9.55. The van der Waals surface area contributed by atoms with Gasteiger partial charge in [0, 0.05) is 29.7 Å². The third kappa shape index (κ3) is 2.40. The predicted molar refractivity (Wildman–Crippen MR) is 58.3 cm³/mol. The monoisotopic (exact) mass is 223 g/mol. The Labute approximate surface area is 91.0 Å². The molecule has 1 N–H and O–H groups in total. The third-order valence-corrected chi connectivity index (χ3v) is 3.09. The number of benzene rings is 1. The van der Waals surface area contributed by atoms with Crippen LogP contribution in [-0.4, -0.2) is 16.7 Å². The number of rotatable bonds is 3. The van der Waals surface area contributed by atoms with Gasteiger partial charge in [-0.1, -0.05) is 12.1 Å². The van der Waals surface area contributed by atoms with Gasteiger partial charge in [0.2, 0.25) is 0 Å². The third-order valence-electron chi connectivity index (χ3n) is 1.98. The Balaban J connectivity index is 2.29. The lowest BCUT2D eigenvalue weighted by atomic mass is 10.2. The zero-order valence-corrected chi connectivity index (χ0v) is 8.80. The van der Waals surface area contributed by atoms with E-state index in [-0.39, 0.29) is 12.4 Å². The molecule has 0 radical (unpaired) electrons. The van der Waals surface area contributed by atoms with Crippen LogP contribution in [0.1, 0.15) is 4.88 Å². The molecule has 15 heavy (non-hydrogen) atoms. The standard InChI is InChI=1S/C11H10FNOS/c12-9-3-1-2-8(6-9)11-13-7-10(15-11)4-5-14/h1-3,6-7,14H,4-5H2. The second kappa shape index (κ2) is 4.51. The smallest absolute Gasteiger partial charge is 0.123 e. The first-order valence-electron chi connectivity index (χ1n) is 4.61. The molecule has 0 saturated heterocycles. The van der Waals surface area contributed by atoms with E-state index in [1.165, 1.54) is 23.5 Å². The van der Waals surface area contributed by atoms with E-state index in [2.05, 4.69) is 4.98 Å². The van der Waals surface area contributed by atoms with Gasteiger partial charge in [0.25, 0.3) is 0 Å².